The van der Waals surface area contributed by atoms with Crippen LogP contribution in [0.5, 0.6) is 5.75 Å². The molecule has 0 bridgehead atoms. The number of pyridine rings is 1. The van der Waals surface area contributed by atoms with E-state index >= 15 is 0 Å². The Morgan fingerprint density at radius 3 is 3.00 bits per heavy atom. The topological polar surface area (TPSA) is 57.9 Å². The van der Waals surface area contributed by atoms with Gasteiger partial charge in [-0.2, -0.15) is 5.26 Å². The first-order valence-electron chi connectivity index (χ1n) is 4.71. The molecule has 4 nitrogen and oxygen atoms in total. The zero-order valence-electron chi connectivity index (χ0n) is 8.44. The molecule has 1 aliphatic rings. The highest BCUT2D eigenvalue weighted by Crippen LogP contribution is 2.18. The van der Waals surface area contributed by atoms with Gasteiger partial charge in [-0.25, -0.2) is 4.98 Å². The summed E-state index contributed by atoms with van der Waals surface area (Å²) < 4.78 is 5.47. The Morgan fingerprint density at radius 2 is 2.44 bits per heavy atom. The lowest BCUT2D eigenvalue weighted by Gasteiger charge is -2.27. The summed E-state index contributed by atoms with van der Waals surface area (Å²) in [6.45, 7) is 1.66. The van der Waals surface area contributed by atoms with E-state index in [1.807, 2.05) is 6.07 Å². The second-order valence-electron chi connectivity index (χ2n) is 3.37. The number of nitriles is 1. The summed E-state index contributed by atoms with van der Waals surface area (Å²) in [5, 5.41) is 12.2. The van der Waals surface area contributed by atoms with Gasteiger partial charge in [-0.05, 0) is 13.0 Å². The first-order chi connectivity index (χ1) is 7.29. The average molecular weight is 260 g/mol. The molecule has 1 aliphatic heterocycles. The number of nitrogens with zero attached hydrogens (tertiary/aromatic N) is 2. The summed E-state index contributed by atoms with van der Waals surface area (Å²) in [6, 6.07) is 3.99. The van der Waals surface area contributed by atoms with Crippen LogP contribution in [0.4, 0.5) is 0 Å². The Balaban J connectivity index is 0.00000128. The molecule has 1 saturated heterocycles. The van der Waals surface area contributed by atoms with Crippen molar-refractivity contribution in [2.24, 2.45) is 0 Å². The van der Waals surface area contributed by atoms with E-state index in [1.54, 1.807) is 6.07 Å². The number of rotatable bonds is 3. The van der Waals surface area contributed by atoms with Crippen molar-refractivity contribution in [2.75, 3.05) is 13.2 Å². The average Bonchev–Trinajstić information content (AvgIpc) is 2.18. The summed E-state index contributed by atoms with van der Waals surface area (Å²) in [7, 11) is 0. The van der Waals surface area contributed by atoms with Gasteiger partial charge in [-0.1, -0.05) is 11.6 Å². The molecule has 0 saturated carbocycles. The number of nitrogens with one attached hydrogen (secondary N) is 1. The normalized spacial score (nSPS) is 17.9. The number of ether oxygens (including phenoxy) is 1. The predicted molar refractivity (Wildman–Crippen MR) is 63.1 cm³/mol. The van der Waals surface area contributed by atoms with Crippen molar-refractivity contribution in [3.05, 3.63) is 23.0 Å². The predicted octanol–water partition coefficient (Wildman–Crippen LogP) is 1.77. The smallest absolute Gasteiger partial charge is 0.147 e. The zero-order chi connectivity index (χ0) is 10.7. The summed E-state index contributed by atoms with van der Waals surface area (Å²) in [4.78, 5) is 3.87. The van der Waals surface area contributed by atoms with Gasteiger partial charge in [-0.15, -0.1) is 12.4 Å². The number of aromatic nitrogens is 1. The standard InChI is InChI=1S/C10H10ClN3O.ClH/c11-10-7(4-12)3-9(5-14-10)15-6-8-1-2-13-8;/h3,5,8,13H,1-2,6H2;1H/t8-;/m0./s1. The largest absolute Gasteiger partial charge is 0.490 e. The fourth-order valence-corrected chi connectivity index (χ4v) is 1.42. The molecule has 0 spiro atoms. The van der Waals surface area contributed by atoms with E-state index in [2.05, 4.69) is 10.3 Å². The van der Waals surface area contributed by atoms with E-state index in [4.69, 9.17) is 21.6 Å². The molecule has 0 radical (unpaired) electrons. The van der Waals surface area contributed by atoms with E-state index in [0.717, 1.165) is 13.0 Å². The zero-order valence-corrected chi connectivity index (χ0v) is 10.0. The van der Waals surface area contributed by atoms with Gasteiger partial charge < -0.3 is 10.1 Å². The van der Waals surface area contributed by atoms with Gasteiger partial charge in [-0.3, -0.25) is 0 Å². The van der Waals surface area contributed by atoms with Crippen molar-refractivity contribution in [3.63, 3.8) is 0 Å². The van der Waals surface area contributed by atoms with Crippen LogP contribution >= 0.6 is 24.0 Å². The van der Waals surface area contributed by atoms with Crippen LogP contribution in [0.3, 0.4) is 0 Å². The van der Waals surface area contributed by atoms with Crippen LogP contribution in [-0.4, -0.2) is 24.2 Å². The SMILES string of the molecule is Cl.N#Cc1cc(OC[C@@H]2CCN2)cnc1Cl. The van der Waals surface area contributed by atoms with Gasteiger partial charge in [0.25, 0.3) is 0 Å². The first kappa shape index (κ1) is 13.0. The lowest BCUT2D eigenvalue weighted by atomic mass is 10.1. The van der Waals surface area contributed by atoms with Crippen molar-refractivity contribution in [2.45, 2.75) is 12.5 Å². The molecule has 1 N–H and O–H groups in total. The minimum atomic E-state index is 0. The van der Waals surface area contributed by atoms with Crippen molar-refractivity contribution in [3.8, 4) is 11.8 Å². The third-order valence-corrected chi connectivity index (χ3v) is 2.61. The second kappa shape index (κ2) is 5.90. The van der Waals surface area contributed by atoms with E-state index in [0.29, 0.717) is 24.0 Å². The van der Waals surface area contributed by atoms with Gasteiger partial charge in [0.1, 0.15) is 23.6 Å². The molecule has 1 atom stereocenters. The molecule has 1 fully saturated rings. The third kappa shape index (κ3) is 2.99. The molecule has 2 heterocycles. The van der Waals surface area contributed by atoms with Crippen LogP contribution in [0.15, 0.2) is 12.3 Å². The summed E-state index contributed by atoms with van der Waals surface area (Å²) in [5.41, 5.74) is 0.343. The maximum absolute atomic E-state index is 8.74. The minimum absolute atomic E-state index is 0. The van der Waals surface area contributed by atoms with E-state index in [9.17, 15) is 0 Å². The van der Waals surface area contributed by atoms with E-state index < -0.39 is 0 Å². The Labute approximate surface area is 105 Å². The van der Waals surface area contributed by atoms with E-state index in [-0.39, 0.29) is 17.6 Å². The van der Waals surface area contributed by atoms with Gasteiger partial charge >= 0.3 is 0 Å². The van der Waals surface area contributed by atoms with Crippen LogP contribution in [0, 0.1) is 11.3 Å². The van der Waals surface area contributed by atoms with Crippen molar-refractivity contribution in [1.29, 1.82) is 5.26 Å². The fraction of sp³-hybridized carbons (Fsp3) is 0.400. The number of hydrogen-bond acceptors (Lipinski definition) is 4. The van der Waals surface area contributed by atoms with Crippen molar-refractivity contribution >= 4 is 24.0 Å². The van der Waals surface area contributed by atoms with Gasteiger partial charge in [0, 0.05) is 12.1 Å². The van der Waals surface area contributed by atoms with Crippen LogP contribution in [0.1, 0.15) is 12.0 Å². The molecule has 0 aliphatic carbocycles. The lowest BCUT2D eigenvalue weighted by molar-refractivity contribution is 0.217. The molecule has 16 heavy (non-hydrogen) atoms. The lowest BCUT2D eigenvalue weighted by Crippen LogP contribution is -2.46. The third-order valence-electron chi connectivity index (χ3n) is 2.31. The van der Waals surface area contributed by atoms with Crippen molar-refractivity contribution < 1.29 is 4.74 Å². The van der Waals surface area contributed by atoms with Crippen LogP contribution in [-0.2, 0) is 0 Å². The maximum atomic E-state index is 8.74. The molecule has 1 aromatic rings. The molecular formula is C10H11Cl2N3O. The Bertz CT molecular complexity index is 402. The Hall–Kier alpha value is -1.02. The van der Waals surface area contributed by atoms with E-state index in [1.165, 1.54) is 6.20 Å². The molecule has 6 heteroatoms. The minimum Gasteiger partial charge on any atom is -0.490 e. The van der Waals surface area contributed by atoms with Crippen molar-refractivity contribution in [1.82, 2.24) is 10.3 Å². The summed E-state index contributed by atoms with van der Waals surface area (Å²) in [6.07, 6.45) is 2.66. The monoisotopic (exact) mass is 259 g/mol. The number of halogens is 2. The molecule has 0 unspecified atom stereocenters. The highest BCUT2D eigenvalue weighted by molar-refractivity contribution is 6.30. The van der Waals surface area contributed by atoms with Crippen LogP contribution in [0.25, 0.3) is 0 Å². The first-order valence-corrected chi connectivity index (χ1v) is 5.09. The van der Waals surface area contributed by atoms with Crippen LogP contribution < -0.4 is 10.1 Å². The fourth-order valence-electron chi connectivity index (χ4n) is 1.27. The van der Waals surface area contributed by atoms with Gasteiger partial charge in [0.05, 0.1) is 11.8 Å². The molecule has 1 aromatic heterocycles. The quantitative estimate of drug-likeness (QED) is 0.841. The summed E-state index contributed by atoms with van der Waals surface area (Å²) in [5.74, 6) is 0.588. The molecule has 2 rings (SSSR count). The maximum Gasteiger partial charge on any atom is 0.147 e. The molecular weight excluding hydrogens is 249 g/mol. The Kier molecular flexibility index (Phi) is 4.81. The molecule has 0 amide bonds. The Morgan fingerprint density at radius 1 is 1.69 bits per heavy atom. The molecule has 0 aromatic carbocycles. The van der Waals surface area contributed by atoms with Crippen LogP contribution in [0.2, 0.25) is 5.15 Å². The second-order valence-corrected chi connectivity index (χ2v) is 3.73. The summed E-state index contributed by atoms with van der Waals surface area (Å²) >= 11 is 5.70. The number of hydrogen-bond donors (Lipinski definition) is 1. The van der Waals surface area contributed by atoms with Gasteiger partial charge in [0.2, 0.25) is 0 Å². The highest BCUT2D eigenvalue weighted by Gasteiger charge is 2.16. The molecule has 86 valence electrons. The van der Waals surface area contributed by atoms with Gasteiger partial charge in [0.15, 0.2) is 0 Å². The highest BCUT2D eigenvalue weighted by atomic mass is 35.5.